The summed E-state index contributed by atoms with van der Waals surface area (Å²) in [5.41, 5.74) is 6.66. The summed E-state index contributed by atoms with van der Waals surface area (Å²) in [6.07, 6.45) is 5.66. The molecule has 0 atom stereocenters. The van der Waals surface area contributed by atoms with E-state index in [0.29, 0.717) is 12.1 Å². The van der Waals surface area contributed by atoms with Gasteiger partial charge in [-0.15, -0.1) is 0 Å². The van der Waals surface area contributed by atoms with Crippen LogP contribution in [0.25, 0.3) is 0 Å². The number of carbonyl (C=O) groups excluding carboxylic acids is 1. The van der Waals surface area contributed by atoms with Gasteiger partial charge in [0.25, 0.3) is 0 Å². The summed E-state index contributed by atoms with van der Waals surface area (Å²) >= 11 is 0. The van der Waals surface area contributed by atoms with Gasteiger partial charge in [0.05, 0.1) is 0 Å². The molecule has 104 valence electrons. The molecule has 0 radical (unpaired) electrons. The molecule has 0 aromatic heterocycles. The third kappa shape index (κ3) is 3.47. The van der Waals surface area contributed by atoms with E-state index >= 15 is 0 Å². The van der Waals surface area contributed by atoms with Crippen molar-refractivity contribution in [2.75, 3.05) is 11.9 Å². The second-order valence-electron chi connectivity index (χ2n) is 5.57. The number of amides is 1. The minimum absolute atomic E-state index is 0.00926. The van der Waals surface area contributed by atoms with Gasteiger partial charge in [0.2, 0.25) is 5.91 Å². The molecule has 0 unspecified atom stereocenters. The van der Waals surface area contributed by atoms with E-state index in [1.807, 2.05) is 6.07 Å². The van der Waals surface area contributed by atoms with Crippen LogP contribution >= 0.6 is 0 Å². The summed E-state index contributed by atoms with van der Waals surface area (Å²) in [5.74, 6) is 0.173. The highest BCUT2D eigenvalue weighted by Crippen LogP contribution is 2.30. The average Bonchev–Trinajstić information content (AvgIpc) is 2.38. The highest BCUT2D eigenvalue weighted by Gasteiger charge is 2.31. The van der Waals surface area contributed by atoms with Crippen molar-refractivity contribution in [2.45, 2.75) is 44.1 Å². The number of aromatic hydroxyl groups is 1. The molecule has 1 saturated carbocycles. The van der Waals surface area contributed by atoms with E-state index in [9.17, 15) is 9.90 Å². The molecule has 1 aromatic rings. The van der Waals surface area contributed by atoms with Gasteiger partial charge in [-0.05, 0) is 25.0 Å². The first-order valence-electron chi connectivity index (χ1n) is 6.85. The third-order valence-corrected chi connectivity index (χ3v) is 3.94. The number of hydrogen-bond donors (Lipinski definition) is 2. The van der Waals surface area contributed by atoms with Gasteiger partial charge >= 0.3 is 0 Å². The second kappa shape index (κ2) is 5.61. The van der Waals surface area contributed by atoms with Crippen LogP contribution in [0.3, 0.4) is 0 Å². The van der Waals surface area contributed by atoms with E-state index in [4.69, 9.17) is 5.73 Å². The normalized spacial score (nSPS) is 18.0. The Balaban J connectivity index is 2.03. The van der Waals surface area contributed by atoms with Crippen LogP contribution < -0.4 is 10.6 Å². The summed E-state index contributed by atoms with van der Waals surface area (Å²) < 4.78 is 0. The summed E-state index contributed by atoms with van der Waals surface area (Å²) in [7, 11) is 1.73. The first-order valence-corrected chi connectivity index (χ1v) is 6.85. The summed E-state index contributed by atoms with van der Waals surface area (Å²) in [5, 5.41) is 9.45. The maximum Gasteiger partial charge on any atom is 0.228 e. The zero-order valence-electron chi connectivity index (χ0n) is 11.4. The second-order valence-corrected chi connectivity index (χ2v) is 5.57. The molecule has 4 heteroatoms. The largest absolute Gasteiger partial charge is 0.508 e. The number of anilines is 1. The van der Waals surface area contributed by atoms with Crippen LogP contribution in [0.1, 0.15) is 38.5 Å². The average molecular weight is 262 g/mol. The van der Waals surface area contributed by atoms with Gasteiger partial charge in [0.15, 0.2) is 0 Å². The predicted molar refractivity (Wildman–Crippen MR) is 76.1 cm³/mol. The highest BCUT2D eigenvalue weighted by atomic mass is 16.3. The fourth-order valence-corrected chi connectivity index (χ4v) is 2.70. The lowest BCUT2D eigenvalue weighted by molar-refractivity contribution is -0.119. The van der Waals surface area contributed by atoms with Crippen LogP contribution in [0.2, 0.25) is 0 Å². The van der Waals surface area contributed by atoms with Crippen LogP contribution in [-0.4, -0.2) is 23.6 Å². The predicted octanol–water partition coefficient (Wildman–Crippen LogP) is 2.41. The molecule has 2 rings (SSSR count). The van der Waals surface area contributed by atoms with E-state index in [0.717, 1.165) is 25.7 Å². The molecule has 0 spiro atoms. The molecule has 0 saturated heterocycles. The lowest BCUT2D eigenvalue weighted by atomic mass is 9.80. The zero-order valence-corrected chi connectivity index (χ0v) is 11.4. The van der Waals surface area contributed by atoms with Gasteiger partial charge in [-0.25, -0.2) is 0 Å². The molecule has 3 N–H and O–H groups in total. The number of nitrogens with two attached hydrogens (primary N) is 1. The molecule has 1 amide bonds. The molecule has 1 aliphatic rings. The van der Waals surface area contributed by atoms with Crippen molar-refractivity contribution in [3.63, 3.8) is 0 Å². The SMILES string of the molecule is CN(C(=O)CC1(N)CCCCC1)c1cccc(O)c1. The van der Waals surface area contributed by atoms with E-state index in [1.165, 1.54) is 6.42 Å². The number of carbonyl (C=O) groups is 1. The van der Waals surface area contributed by atoms with Crippen molar-refractivity contribution < 1.29 is 9.90 Å². The highest BCUT2D eigenvalue weighted by molar-refractivity contribution is 5.93. The minimum atomic E-state index is -0.347. The quantitative estimate of drug-likeness (QED) is 0.879. The molecule has 19 heavy (non-hydrogen) atoms. The van der Waals surface area contributed by atoms with E-state index in [2.05, 4.69) is 0 Å². The molecule has 1 aliphatic carbocycles. The number of rotatable bonds is 3. The Labute approximate surface area is 114 Å². The van der Waals surface area contributed by atoms with E-state index < -0.39 is 0 Å². The van der Waals surface area contributed by atoms with Gasteiger partial charge < -0.3 is 15.7 Å². The molecule has 1 fully saturated rings. The molecule has 1 aromatic carbocycles. The number of benzene rings is 1. The van der Waals surface area contributed by atoms with Crippen molar-refractivity contribution in [3.8, 4) is 5.75 Å². The summed E-state index contributed by atoms with van der Waals surface area (Å²) in [6, 6.07) is 6.71. The van der Waals surface area contributed by atoms with Crippen LogP contribution in [0.4, 0.5) is 5.69 Å². The maximum absolute atomic E-state index is 12.3. The minimum Gasteiger partial charge on any atom is -0.508 e. The van der Waals surface area contributed by atoms with Gasteiger partial charge in [-0.1, -0.05) is 25.3 Å². The van der Waals surface area contributed by atoms with Gasteiger partial charge in [-0.2, -0.15) is 0 Å². The van der Waals surface area contributed by atoms with Crippen molar-refractivity contribution >= 4 is 11.6 Å². The van der Waals surface area contributed by atoms with Gasteiger partial charge in [0.1, 0.15) is 5.75 Å². The Bertz CT molecular complexity index is 453. The first-order chi connectivity index (χ1) is 9.00. The number of phenols is 1. The molecule has 0 heterocycles. The summed E-state index contributed by atoms with van der Waals surface area (Å²) in [6.45, 7) is 0. The Kier molecular flexibility index (Phi) is 4.10. The Morgan fingerprint density at radius 3 is 2.68 bits per heavy atom. The van der Waals surface area contributed by atoms with Crippen LogP contribution in [-0.2, 0) is 4.79 Å². The fourth-order valence-electron chi connectivity index (χ4n) is 2.70. The Morgan fingerprint density at radius 1 is 1.37 bits per heavy atom. The first kappa shape index (κ1) is 13.9. The number of phenolic OH excluding ortho intramolecular Hbond substituents is 1. The van der Waals surface area contributed by atoms with Crippen molar-refractivity contribution in [1.82, 2.24) is 0 Å². The molecule has 0 aliphatic heterocycles. The molecular formula is C15H22N2O2. The zero-order chi connectivity index (χ0) is 13.9. The van der Waals surface area contributed by atoms with Crippen molar-refractivity contribution in [2.24, 2.45) is 5.73 Å². The van der Waals surface area contributed by atoms with E-state index in [-0.39, 0.29) is 17.2 Å². The summed E-state index contributed by atoms with van der Waals surface area (Å²) in [4.78, 5) is 13.9. The standard InChI is InChI=1S/C15H22N2O2/c1-17(12-6-5-7-13(18)10-12)14(19)11-15(16)8-3-2-4-9-15/h5-7,10,18H,2-4,8-9,11,16H2,1H3. The van der Waals surface area contributed by atoms with Gasteiger partial charge in [-0.3, -0.25) is 4.79 Å². The van der Waals surface area contributed by atoms with Crippen LogP contribution in [0.15, 0.2) is 24.3 Å². The Hall–Kier alpha value is -1.55. The monoisotopic (exact) mass is 262 g/mol. The smallest absolute Gasteiger partial charge is 0.228 e. The maximum atomic E-state index is 12.3. The fraction of sp³-hybridized carbons (Fsp3) is 0.533. The lowest BCUT2D eigenvalue weighted by Crippen LogP contribution is -2.46. The lowest BCUT2D eigenvalue weighted by Gasteiger charge is -2.34. The van der Waals surface area contributed by atoms with Gasteiger partial charge in [0, 0.05) is 30.8 Å². The van der Waals surface area contributed by atoms with Crippen molar-refractivity contribution in [1.29, 1.82) is 0 Å². The third-order valence-electron chi connectivity index (χ3n) is 3.94. The molecule has 0 bridgehead atoms. The molecular weight excluding hydrogens is 240 g/mol. The molecule has 4 nitrogen and oxygen atoms in total. The Morgan fingerprint density at radius 2 is 2.05 bits per heavy atom. The van der Waals surface area contributed by atoms with Crippen LogP contribution in [0.5, 0.6) is 5.75 Å². The van der Waals surface area contributed by atoms with Crippen molar-refractivity contribution in [3.05, 3.63) is 24.3 Å². The van der Waals surface area contributed by atoms with E-state index in [1.54, 1.807) is 30.1 Å². The number of nitrogens with zero attached hydrogens (tertiary/aromatic N) is 1. The van der Waals surface area contributed by atoms with Crippen LogP contribution in [0, 0.1) is 0 Å². The topological polar surface area (TPSA) is 66.6 Å². The number of hydrogen-bond acceptors (Lipinski definition) is 3.